The maximum absolute atomic E-state index is 14.4. The topological polar surface area (TPSA) is 78.5 Å². The minimum Gasteiger partial charge on any atom is -0.493 e. The highest BCUT2D eigenvalue weighted by atomic mass is 19.2. The molecule has 1 aliphatic heterocycles. The van der Waals surface area contributed by atoms with E-state index in [1.165, 1.54) is 12.1 Å². The lowest BCUT2D eigenvalue weighted by Gasteiger charge is -2.31. The van der Waals surface area contributed by atoms with Crippen LogP contribution in [0.25, 0.3) is 11.1 Å². The van der Waals surface area contributed by atoms with Gasteiger partial charge in [0, 0.05) is 68.5 Å². The molecule has 3 N–H and O–H groups in total. The lowest BCUT2D eigenvalue weighted by molar-refractivity contribution is 0.251. The largest absolute Gasteiger partial charge is 0.493 e. The van der Waals surface area contributed by atoms with Crippen LogP contribution in [0.1, 0.15) is 11.1 Å². The van der Waals surface area contributed by atoms with Crippen molar-refractivity contribution < 1.29 is 18.3 Å². The van der Waals surface area contributed by atoms with Gasteiger partial charge in [0.05, 0.1) is 6.61 Å². The summed E-state index contributed by atoms with van der Waals surface area (Å²) in [6, 6.07) is 20.8. The molecule has 0 atom stereocenters. The van der Waals surface area contributed by atoms with E-state index in [1.807, 2.05) is 36.4 Å². The Bertz CT molecular complexity index is 1430. The Labute approximate surface area is 232 Å². The Morgan fingerprint density at radius 2 is 1.73 bits per heavy atom. The van der Waals surface area contributed by atoms with E-state index < -0.39 is 11.6 Å². The van der Waals surface area contributed by atoms with Crippen molar-refractivity contribution in [1.29, 1.82) is 0 Å². The molecule has 0 spiro atoms. The molecule has 40 heavy (non-hydrogen) atoms. The Morgan fingerprint density at radius 1 is 0.950 bits per heavy atom. The highest BCUT2D eigenvalue weighted by Crippen LogP contribution is 2.35. The number of carbonyl (C=O) groups excluding carboxylic acids is 1. The van der Waals surface area contributed by atoms with Crippen molar-refractivity contribution in [1.82, 2.24) is 15.6 Å². The Morgan fingerprint density at radius 3 is 2.50 bits per heavy atom. The summed E-state index contributed by atoms with van der Waals surface area (Å²) in [7, 11) is 0. The van der Waals surface area contributed by atoms with Gasteiger partial charge in [0.25, 0.3) is 0 Å². The fourth-order valence-corrected chi connectivity index (χ4v) is 4.70. The first-order valence-electron chi connectivity index (χ1n) is 13.3. The molecule has 1 saturated heterocycles. The van der Waals surface area contributed by atoms with Crippen molar-refractivity contribution in [3.05, 3.63) is 108 Å². The van der Waals surface area contributed by atoms with Crippen LogP contribution in [0.4, 0.5) is 25.0 Å². The molecular formula is C31H31F2N5O2. The second-order valence-electron chi connectivity index (χ2n) is 9.47. The standard InChI is InChI=1S/C31H31F2N5O2/c32-28-18-23(27(19-29(28)33)26-5-1-2-6-30(26)38-15-13-34-14-16-38)11-17-40-25-9-7-24(8-10-25)37-31(39)36-21-22-4-3-12-35-20-22/h1-10,12,18-20,34H,11,13-17,21H2,(H2,36,37,39). The van der Waals surface area contributed by atoms with E-state index in [0.29, 0.717) is 35.5 Å². The van der Waals surface area contributed by atoms with Crippen LogP contribution in [0.15, 0.2) is 85.2 Å². The lowest BCUT2D eigenvalue weighted by atomic mass is 9.95. The summed E-state index contributed by atoms with van der Waals surface area (Å²) in [5.41, 5.74) is 4.72. The van der Waals surface area contributed by atoms with Crippen LogP contribution in [0.2, 0.25) is 0 Å². The smallest absolute Gasteiger partial charge is 0.319 e. The fourth-order valence-electron chi connectivity index (χ4n) is 4.70. The molecule has 3 aromatic carbocycles. The van der Waals surface area contributed by atoms with Crippen LogP contribution in [-0.2, 0) is 13.0 Å². The number of hydrogen-bond acceptors (Lipinski definition) is 5. The van der Waals surface area contributed by atoms with E-state index >= 15 is 0 Å². The van der Waals surface area contributed by atoms with Crippen molar-refractivity contribution in [2.75, 3.05) is 43.0 Å². The number of urea groups is 1. The monoisotopic (exact) mass is 543 g/mol. The normalized spacial score (nSPS) is 13.1. The molecule has 5 rings (SSSR count). The Hall–Kier alpha value is -4.50. The number of rotatable bonds is 9. The van der Waals surface area contributed by atoms with Crippen LogP contribution in [0.3, 0.4) is 0 Å². The molecule has 0 aliphatic carbocycles. The quantitative estimate of drug-likeness (QED) is 0.264. The third-order valence-corrected chi connectivity index (χ3v) is 6.73. The molecule has 7 nitrogen and oxygen atoms in total. The average molecular weight is 544 g/mol. The summed E-state index contributed by atoms with van der Waals surface area (Å²) in [4.78, 5) is 18.5. The number of benzene rings is 3. The SMILES string of the molecule is O=C(NCc1cccnc1)Nc1ccc(OCCc2cc(F)c(F)cc2-c2ccccc2N2CCNCC2)cc1. The molecule has 2 heterocycles. The molecule has 2 amide bonds. The first kappa shape index (κ1) is 27.1. The first-order chi connectivity index (χ1) is 19.6. The number of hydrogen-bond donors (Lipinski definition) is 3. The van der Waals surface area contributed by atoms with Gasteiger partial charge in [-0.2, -0.15) is 0 Å². The van der Waals surface area contributed by atoms with E-state index in [-0.39, 0.29) is 12.6 Å². The summed E-state index contributed by atoms with van der Waals surface area (Å²) in [5.74, 6) is -1.15. The van der Waals surface area contributed by atoms with E-state index in [1.54, 1.807) is 36.7 Å². The van der Waals surface area contributed by atoms with Gasteiger partial charge in [-0.3, -0.25) is 4.98 Å². The molecule has 0 radical (unpaired) electrons. The summed E-state index contributed by atoms with van der Waals surface area (Å²) >= 11 is 0. The maximum Gasteiger partial charge on any atom is 0.319 e. The zero-order valence-corrected chi connectivity index (χ0v) is 22.0. The molecular weight excluding hydrogens is 512 g/mol. The van der Waals surface area contributed by atoms with Crippen LogP contribution < -0.4 is 25.6 Å². The zero-order chi connectivity index (χ0) is 27.7. The number of anilines is 2. The second kappa shape index (κ2) is 13.0. The predicted octanol–water partition coefficient (Wildman–Crippen LogP) is 5.38. The molecule has 1 fully saturated rings. The van der Waals surface area contributed by atoms with Gasteiger partial charge in [-0.15, -0.1) is 0 Å². The Balaban J connectivity index is 1.21. The Kier molecular flexibility index (Phi) is 8.83. The molecule has 0 saturated carbocycles. The summed E-state index contributed by atoms with van der Waals surface area (Å²) in [5, 5.41) is 8.91. The van der Waals surface area contributed by atoms with Crippen LogP contribution in [0.5, 0.6) is 5.75 Å². The van der Waals surface area contributed by atoms with Gasteiger partial charge in [-0.05, 0) is 65.2 Å². The van der Waals surface area contributed by atoms with Gasteiger partial charge in [-0.1, -0.05) is 24.3 Å². The summed E-state index contributed by atoms with van der Waals surface area (Å²) in [6.45, 7) is 4.07. The highest BCUT2D eigenvalue weighted by Gasteiger charge is 2.19. The van der Waals surface area contributed by atoms with Crippen LogP contribution in [0, 0.1) is 11.6 Å². The van der Waals surface area contributed by atoms with Gasteiger partial charge >= 0.3 is 6.03 Å². The number of nitrogens with zero attached hydrogens (tertiary/aromatic N) is 2. The van der Waals surface area contributed by atoms with Crippen molar-refractivity contribution >= 4 is 17.4 Å². The summed E-state index contributed by atoms with van der Waals surface area (Å²) < 4.78 is 34.6. The molecule has 1 aliphatic rings. The molecule has 0 bridgehead atoms. The van der Waals surface area contributed by atoms with Crippen molar-refractivity contribution in [3.63, 3.8) is 0 Å². The minimum atomic E-state index is -0.879. The number of aromatic nitrogens is 1. The number of ether oxygens (including phenoxy) is 1. The number of para-hydroxylation sites is 1. The van der Waals surface area contributed by atoms with Gasteiger partial charge in [0.1, 0.15) is 5.75 Å². The van der Waals surface area contributed by atoms with Crippen LogP contribution in [-0.4, -0.2) is 43.8 Å². The maximum atomic E-state index is 14.4. The van der Waals surface area contributed by atoms with Gasteiger partial charge in [-0.25, -0.2) is 13.6 Å². The molecule has 4 aromatic rings. The first-order valence-corrected chi connectivity index (χ1v) is 13.3. The third-order valence-electron chi connectivity index (χ3n) is 6.73. The van der Waals surface area contributed by atoms with E-state index in [2.05, 4.69) is 25.8 Å². The lowest BCUT2D eigenvalue weighted by Crippen LogP contribution is -2.43. The number of amides is 2. The number of halogens is 2. The van der Waals surface area contributed by atoms with E-state index in [9.17, 15) is 13.6 Å². The zero-order valence-electron chi connectivity index (χ0n) is 22.0. The molecule has 206 valence electrons. The van der Waals surface area contributed by atoms with Gasteiger partial charge < -0.3 is 25.6 Å². The summed E-state index contributed by atoms with van der Waals surface area (Å²) in [6.07, 6.45) is 3.76. The second-order valence-corrected chi connectivity index (χ2v) is 9.47. The van der Waals surface area contributed by atoms with Crippen molar-refractivity contribution in [2.45, 2.75) is 13.0 Å². The molecule has 9 heteroatoms. The average Bonchev–Trinajstić information content (AvgIpc) is 2.99. The molecule has 1 aromatic heterocycles. The number of pyridine rings is 1. The number of nitrogens with one attached hydrogen (secondary N) is 3. The third kappa shape index (κ3) is 6.92. The highest BCUT2D eigenvalue weighted by molar-refractivity contribution is 5.89. The minimum absolute atomic E-state index is 0.270. The van der Waals surface area contributed by atoms with Crippen molar-refractivity contribution in [3.8, 4) is 16.9 Å². The predicted molar refractivity (Wildman–Crippen MR) is 153 cm³/mol. The van der Waals surface area contributed by atoms with Gasteiger partial charge in [0.2, 0.25) is 0 Å². The van der Waals surface area contributed by atoms with Crippen molar-refractivity contribution in [2.24, 2.45) is 0 Å². The fraction of sp³-hybridized carbons (Fsp3) is 0.226. The molecule has 0 unspecified atom stereocenters. The number of carbonyl (C=O) groups is 1. The van der Waals surface area contributed by atoms with E-state index in [4.69, 9.17) is 4.74 Å². The van der Waals surface area contributed by atoms with E-state index in [0.717, 1.165) is 43.0 Å². The van der Waals surface area contributed by atoms with Crippen LogP contribution >= 0.6 is 0 Å². The van der Waals surface area contributed by atoms with Gasteiger partial charge in [0.15, 0.2) is 11.6 Å². The number of piperazine rings is 1.